The fraction of sp³-hybridized carbons (Fsp3) is 0.409. The number of methoxy groups -OCH3 is 1. The van der Waals surface area contributed by atoms with E-state index in [2.05, 4.69) is 42.2 Å². The molecule has 5 nitrogen and oxygen atoms in total. The van der Waals surface area contributed by atoms with Crippen LogP contribution in [0.25, 0.3) is 0 Å². The molecule has 1 N–H and O–H groups in total. The molecular formula is C22H28N3O2+. The summed E-state index contributed by atoms with van der Waals surface area (Å²) in [5.74, 6) is 1.14. The van der Waals surface area contributed by atoms with Crippen LogP contribution in [-0.2, 0) is 11.2 Å². The number of amides is 1. The van der Waals surface area contributed by atoms with Crippen molar-refractivity contribution in [3.8, 4) is 5.75 Å². The lowest BCUT2D eigenvalue weighted by molar-refractivity contribution is -0.914. The summed E-state index contributed by atoms with van der Waals surface area (Å²) in [6, 6.07) is 16.5. The third-order valence-electron chi connectivity index (χ3n) is 5.98. The van der Waals surface area contributed by atoms with Gasteiger partial charge in [-0.15, -0.1) is 0 Å². The van der Waals surface area contributed by atoms with Crippen LogP contribution in [0.5, 0.6) is 5.75 Å². The van der Waals surface area contributed by atoms with Crippen molar-refractivity contribution in [2.24, 2.45) is 0 Å². The summed E-state index contributed by atoms with van der Waals surface area (Å²) in [5.41, 5.74) is 3.62. The molecule has 4 rings (SSSR count). The van der Waals surface area contributed by atoms with Gasteiger partial charge in [0.2, 0.25) is 0 Å². The maximum Gasteiger partial charge on any atom is 0.284 e. The number of fused-ring (bicyclic) bond motifs is 1. The molecule has 1 atom stereocenters. The average Bonchev–Trinajstić information content (AvgIpc) is 3.17. The number of benzene rings is 2. The zero-order valence-electron chi connectivity index (χ0n) is 16.1. The molecule has 2 aromatic rings. The van der Waals surface area contributed by atoms with Gasteiger partial charge in [0.05, 0.1) is 33.3 Å². The number of anilines is 2. The number of piperazine rings is 1. The van der Waals surface area contributed by atoms with Gasteiger partial charge < -0.3 is 19.4 Å². The van der Waals surface area contributed by atoms with Crippen LogP contribution < -0.4 is 19.4 Å². The second-order valence-electron chi connectivity index (χ2n) is 7.43. The largest absolute Gasteiger partial charge is 0.497 e. The quantitative estimate of drug-likeness (QED) is 0.888. The molecule has 0 saturated carbocycles. The Labute approximate surface area is 161 Å². The Kier molecular flexibility index (Phi) is 5.03. The molecule has 27 heavy (non-hydrogen) atoms. The average molecular weight is 366 g/mol. The smallest absolute Gasteiger partial charge is 0.284 e. The molecule has 0 aliphatic carbocycles. The summed E-state index contributed by atoms with van der Waals surface area (Å²) in [5, 5.41) is 0. The first kappa shape index (κ1) is 17.9. The fourth-order valence-corrected chi connectivity index (χ4v) is 4.25. The lowest BCUT2D eigenvalue weighted by atomic mass is 10.1. The Hall–Kier alpha value is -2.53. The van der Waals surface area contributed by atoms with Gasteiger partial charge >= 0.3 is 0 Å². The van der Waals surface area contributed by atoms with Crippen molar-refractivity contribution in [2.45, 2.75) is 19.4 Å². The molecule has 2 aliphatic rings. The molecule has 2 heterocycles. The normalized spacial score (nSPS) is 18.3. The Balaban J connectivity index is 1.37. The molecule has 0 radical (unpaired) electrons. The summed E-state index contributed by atoms with van der Waals surface area (Å²) >= 11 is 0. The molecule has 142 valence electrons. The van der Waals surface area contributed by atoms with Crippen LogP contribution >= 0.6 is 0 Å². The number of quaternary nitrogens is 1. The second-order valence-corrected chi connectivity index (χ2v) is 7.43. The van der Waals surface area contributed by atoms with Crippen LogP contribution in [0.4, 0.5) is 11.4 Å². The van der Waals surface area contributed by atoms with Crippen LogP contribution in [0.2, 0.25) is 0 Å². The highest BCUT2D eigenvalue weighted by atomic mass is 16.5. The molecule has 1 saturated heterocycles. The van der Waals surface area contributed by atoms with E-state index in [0.29, 0.717) is 0 Å². The van der Waals surface area contributed by atoms with E-state index in [1.165, 1.54) is 16.2 Å². The molecule has 5 heteroatoms. The summed E-state index contributed by atoms with van der Waals surface area (Å²) in [7, 11) is 1.69. The van der Waals surface area contributed by atoms with Gasteiger partial charge in [-0.1, -0.05) is 18.2 Å². The van der Waals surface area contributed by atoms with Crippen LogP contribution in [0, 0.1) is 0 Å². The number of hydrogen-bond acceptors (Lipinski definition) is 3. The topological polar surface area (TPSA) is 37.2 Å². The van der Waals surface area contributed by atoms with Crippen molar-refractivity contribution in [2.75, 3.05) is 49.6 Å². The van der Waals surface area contributed by atoms with Gasteiger partial charge in [0.15, 0.2) is 6.04 Å². The van der Waals surface area contributed by atoms with Gasteiger partial charge in [-0.05, 0) is 49.2 Å². The van der Waals surface area contributed by atoms with E-state index in [0.717, 1.165) is 50.6 Å². The zero-order valence-corrected chi connectivity index (χ0v) is 16.1. The summed E-state index contributed by atoms with van der Waals surface area (Å²) < 4.78 is 5.24. The summed E-state index contributed by atoms with van der Waals surface area (Å²) in [6.07, 6.45) is 0.967. The number of rotatable bonds is 4. The van der Waals surface area contributed by atoms with Crippen molar-refractivity contribution >= 4 is 17.3 Å². The van der Waals surface area contributed by atoms with E-state index < -0.39 is 0 Å². The maximum atomic E-state index is 13.1. The van der Waals surface area contributed by atoms with E-state index >= 15 is 0 Å². The van der Waals surface area contributed by atoms with Crippen molar-refractivity contribution in [3.05, 3.63) is 54.1 Å². The van der Waals surface area contributed by atoms with Gasteiger partial charge in [-0.25, -0.2) is 0 Å². The van der Waals surface area contributed by atoms with Gasteiger partial charge in [0.25, 0.3) is 5.91 Å². The minimum Gasteiger partial charge on any atom is -0.497 e. The minimum absolute atomic E-state index is 0.00539. The molecule has 1 fully saturated rings. The number of carbonyl (C=O) groups is 1. The van der Waals surface area contributed by atoms with Crippen LogP contribution in [-0.4, -0.2) is 51.8 Å². The zero-order chi connectivity index (χ0) is 18.8. The molecule has 1 amide bonds. The number of nitrogens with zero attached hydrogens (tertiary/aromatic N) is 2. The molecule has 2 aliphatic heterocycles. The van der Waals surface area contributed by atoms with Crippen LogP contribution in [0.3, 0.4) is 0 Å². The predicted molar refractivity (Wildman–Crippen MR) is 108 cm³/mol. The van der Waals surface area contributed by atoms with Crippen LogP contribution in [0.15, 0.2) is 48.5 Å². The first-order chi connectivity index (χ1) is 13.2. The third kappa shape index (κ3) is 3.52. The first-order valence-corrected chi connectivity index (χ1v) is 9.80. The van der Waals surface area contributed by atoms with Crippen LogP contribution in [0.1, 0.15) is 12.5 Å². The lowest BCUT2D eigenvalue weighted by Gasteiger charge is -2.37. The second kappa shape index (κ2) is 7.61. The first-order valence-electron chi connectivity index (χ1n) is 9.80. The standard InChI is InChI=1S/C22H27N3O2/c1-17(22(26)25-12-11-18-5-3-4-6-21(18)25)23-13-15-24(16-14-23)19-7-9-20(27-2)10-8-19/h3-10,17H,11-16H2,1-2H3/p+1/t17-/m1/s1. The molecule has 0 spiro atoms. The van der Waals surface area contributed by atoms with E-state index in [1.807, 2.05) is 23.1 Å². The van der Waals surface area contributed by atoms with Crippen molar-refractivity contribution in [1.82, 2.24) is 0 Å². The summed E-state index contributed by atoms with van der Waals surface area (Å²) in [4.78, 5) is 18.9. The number of hydrogen-bond donors (Lipinski definition) is 1. The van der Waals surface area contributed by atoms with Gasteiger partial charge in [-0.2, -0.15) is 0 Å². The molecule has 0 unspecified atom stereocenters. The number of para-hydroxylation sites is 1. The Morgan fingerprint density at radius 3 is 2.44 bits per heavy atom. The SMILES string of the molecule is COc1ccc(N2CC[NH+]([C@H](C)C(=O)N3CCc4ccccc43)CC2)cc1. The molecule has 0 bridgehead atoms. The maximum absolute atomic E-state index is 13.1. The highest BCUT2D eigenvalue weighted by Gasteiger charge is 2.35. The Bertz CT molecular complexity index is 797. The fourth-order valence-electron chi connectivity index (χ4n) is 4.25. The van der Waals surface area contributed by atoms with Gasteiger partial charge in [0, 0.05) is 17.9 Å². The molecule has 0 aromatic heterocycles. The van der Waals surface area contributed by atoms with Crippen molar-refractivity contribution in [1.29, 1.82) is 0 Å². The third-order valence-corrected chi connectivity index (χ3v) is 5.98. The van der Waals surface area contributed by atoms with E-state index in [1.54, 1.807) is 7.11 Å². The highest BCUT2D eigenvalue weighted by molar-refractivity contribution is 5.97. The van der Waals surface area contributed by atoms with Crippen molar-refractivity contribution < 1.29 is 14.4 Å². The highest BCUT2D eigenvalue weighted by Crippen LogP contribution is 2.27. The van der Waals surface area contributed by atoms with Gasteiger partial charge in [-0.3, -0.25) is 4.79 Å². The van der Waals surface area contributed by atoms with E-state index in [-0.39, 0.29) is 11.9 Å². The lowest BCUT2D eigenvalue weighted by Crippen LogP contribution is -3.19. The number of carbonyl (C=O) groups excluding carboxylic acids is 1. The minimum atomic E-state index is -0.00539. The van der Waals surface area contributed by atoms with Crippen molar-refractivity contribution in [3.63, 3.8) is 0 Å². The van der Waals surface area contributed by atoms with E-state index in [4.69, 9.17) is 4.74 Å². The molecular weight excluding hydrogens is 338 g/mol. The predicted octanol–water partition coefficient (Wildman–Crippen LogP) is 1.38. The number of nitrogens with one attached hydrogen (secondary N) is 1. The summed E-state index contributed by atoms with van der Waals surface area (Å²) in [6.45, 7) is 6.80. The van der Waals surface area contributed by atoms with Gasteiger partial charge in [0.1, 0.15) is 5.75 Å². The Morgan fingerprint density at radius 2 is 1.74 bits per heavy atom. The monoisotopic (exact) mass is 366 g/mol. The number of ether oxygens (including phenoxy) is 1. The van der Waals surface area contributed by atoms with E-state index in [9.17, 15) is 4.79 Å². The molecule has 2 aromatic carbocycles. The Morgan fingerprint density at radius 1 is 1.04 bits per heavy atom.